The van der Waals surface area contributed by atoms with Gasteiger partial charge in [-0.1, -0.05) is 40.5 Å². The molecule has 4 heteroatoms. The summed E-state index contributed by atoms with van der Waals surface area (Å²) in [5.74, 6) is 1.67. The predicted molar refractivity (Wildman–Crippen MR) is 85.8 cm³/mol. The van der Waals surface area contributed by atoms with Crippen molar-refractivity contribution in [3.63, 3.8) is 0 Å². The summed E-state index contributed by atoms with van der Waals surface area (Å²) in [6.45, 7) is 17.1. The van der Waals surface area contributed by atoms with Crippen LogP contribution in [0.1, 0.15) is 47.5 Å². The zero-order chi connectivity index (χ0) is 14.5. The monoisotopic (exact) mass is 270 g/mol. The predicted octanol–water partition coefficient (Wildman–Crippen LogP) is 2.32. The highest BCUT2D eigenvalue weighted by molar-refractivity contribution is 5.79. The van der Waals surface area contributed by atoms with Crippen LogP contribution in [0.15, 0.2) is 4.99 Å². The molecule has 19 heavy (non-hydrogen) atoms. The van der Waals surface area contributed by atoms with Gasteiger partial charge in [-0.05, 0) is 25.9 Å². The number of nitrogens with one attached hydrogen (secondary N) is 2. The maximum atomic E-state index is 4.68. The Balaban J connectivity index is 4.13. The summed E-state index contributed by atoms with van der Waals surface area (Å²) in [4.78, 5) is 7.09. The van der Waals surface area contributed by atoms with Crippen molar-refractivity contribution in [3.05, 3.63) is 0 Å². The lowest BCUT2D eigenvalue weighted by molar-refractivity contribution is 0.308. The highest BCUT2D eigenvalue weighted by Gasteiger charge is 2.04. The molecule has 0 aliphatic rings. The van der Waals surface area contributed by atoms with Gasteiger partial charge in [0.25, 0.3) is 0 Å². The standard InChI is InChI=1S/C15H34N4/c1-6-14(7-2)13-18-15(16-8-3)17-11-12-19(9-4)10-5/h14H,6-13H2,1-5H3,(H2,16,17,18). The third-order valence-electron chi connectivity index (χ3n) is 3.62. The Morgan fingerprint density at radius 1 is 1.00 bits per heavy atom. The number of nitrogens with zero attached hydrogens (tertiary/aromatic N) is 2. The van der Waals surface area contributed by atoms with Crippen LogP contribution in [-0.2, 0) is 0 Å². The van der Waals surface area contributed by atoms with Gasteiger partial charge in [0.2, 0.25) is 0 Å². The van der Waals surface area contributed by atoms with E-state index in [-0.39, 0.29) is 0 Å². The topological polar surface area (TPSA) is 39.7 Å². The van der Waals surface area contributed by atoms with Crippen molar-refractivity contribution in [3.8, 4) is 0 Å². The highest BCUT2D eigenvalue weighted by Crippen LogP contribution is 2.06. The lowest BCUT2D eigenvalue weighted by Gasteiger charge is -2.19. The van der Waals surface area contributed by atoms with Crippen LogP contribution in [0.25, 0.3) is 0 Å². The Morgan fingerprint density at radius 2 is 1.63 bits per heavy atom. The number of aliphatic imine (C=N–C) groups is 1. The summed E-state index contributed by atoms with van der Waals surface area (Å²) in [5, 5.41) is 6.74. The minimum atomic E-state index is 0.707. The van der Waals surface area contributed by atoms with Gasteiger partial charge in [0.05, 0.1) is 0 Å². The fourth-order valence-corrected chi connectivity index (χ4v) is 1.98. The van der Waals surface area contributed by atoms with Gasteiger partial charge in [0.15, 0.2) is 5.96 Å². The van der Waals surface area contributed by atoms with Gasteiger partial charge in [-0.15, -0.1) is 0 Å². The molecule has 0 amide bonds. The van der Waals surface area contributed by atoms with E-state index in [9.17, 15) is 0 Å². The van der Waals surface area contributed by atoms with Crippen LogP contribution < -0.4 is 10.6 Å². The van der Waals surface area contributed by atoms with E-state index in [0.717, 1.165) is 45.2 Å². The average Bonchev–Trinajstić information content (AvgIpc) is 2.44. The average molecular weight is 270 g/mol. The van der Waals surface area contributed by atoms with E-state index in [2.05, 4.69) is 55.1 Å². The maximum Gasteiger partial charge on any atom is 0.191 e. The first-order valence-corrected chi connectivity index (χ1v) is 7.96. The lowest BCUT2D eigenvalue weighted by atomic mass is 10.0. The highest BCUT2D eigenvalue weighted by atomic mass is 15.2. The molecule has 0 spiro atoms. The third kappa shape index (κ3) is 8.87. The van der Waals surface area contributed by atoms with Crippen molar-refractivity contribution < 1.29 is 0 Å². The molecule has 4 nitrogen and oxygen atoms in total. The summed E-state index contributed by atoms with van der Waals surface area (Å²) in [5.41, 5.74) is 0. The van der Waals surface area contributed by atoms with E-state index in [4.69, 9.17) is 0 Å². The van der Waals surface area contributed by atoms with Gasteiger partial charge in [0.1, 0.15) is 0 Å². The van der Waals surface area contributed by atoms with Crippen LogP contribution in [0.5, 0.6) is 0 Å². The Labute approximate surface area is 120 Å². The van der Waals surface area contributed by atoms with E-state index >= 15 is 0 Å². The van der Waals surface area contributed by atoms with Crippen LogP contribution >= 0.6 is 0 Å². The quantitative estimate of drug-likeness (QED) is 0.473. The Bertz CT molecular complexity index is 220. The summed E-state index contributed by atoms with van der Waals surface area (Å²) in [7, 11) is 0. The molecule has 0 aliphatic carbocycles. The summed E-state index contributed by atoms with van der Waals surface area (Å²) in [6.07, 6.45) is 2.41. The molecule has 0 radical (unpaired) electrons. The molecular weight excluding hydrogens is 236 g/mol. The molecule has 0 aromatic carbocycles. The van der Waals surface area contributed by atoms with E-state index in [0.29, 0.717) is 5.92 Å². The van der Waals surface area contributed by atoms with E-state index in [1.165, 1.54) is 12.8 Å². The molecule has 114 valence electrons. The van der Waals surface area contributed by atoms with Gasteiger partial charge in [-0.2, -0.15) is 0 Å². The normalized spacial score (nSPS) is 12.3. The zero-order valence-corrected chi connectivity index (χ0v) is 13.6. The number of hydrogen-bond donors (Lipinski definition) is 2. The van der Waals surface area contributed by atoms with E-state index < -0.39 is 0 Å². The minimum absolute atomic E-state index is 0.707. The molecule has 2 N–H and O–H groups in total. The Morgan fingerprint density at radius 3 is 2.11 bits per heavy atom. The van der Waals surface area contributed by atoms with Crippen molar-refractivity contribution in [2.45, 2.75) is 47.5 Å². The number of hydrogen-bond acceptors (Lipinski definition) is 2. The number of guanidine groups is 1. The summed E-state index contributed by atoms with van der Waals surface area (Å²) >= 11 is 0. The molecule has 0 rings (SSSR count). The molecule has 0 aromatic rings. The molecule has 0 saturated carbocycles. The van der Waals surface area contributed by atoms with E-state index in [1.54, 1.807) is 0 Å². The second kappa shape index (κ2) is 12.3. The van der Waals surface area contributed by atoms with Crippen LogP contribution in [-0.4, -0.2) is 50.1 Å². The Kier molecular flexibility index (Phi) is 11.8. The van der Waals surface area contributed by atoms with Crippen LogP contribution in [0.4, 0.5) is 0 Å². The van der Waals surface area contributed by atoms with Crippen LogP contribution in [0, 0.1) is 5.92 Å². The van der Waals surface area contributed by atoms with Crippen molar-refractivity contribution in [2.24, 2.45) is 10.9 Å². The minimum Gasteiger partial charge on any atom is -0.357 e. The second-order valence-electron chi connectivity index (χ2n) is 4.86. The zero-order valence-electron chi connectivity index (χ0n) is 13.6. The third-order valence-corrected chi connectivity index (χ3v) is 3.62. The van der Waals surface area contributed by atoms with Gasteiger partial charge in [-0.25, -0.2) is 0 Å². The number of likely N-dealkylation sites (N-methyl/N-ethyl adjacent to an activating group) is 1. The van der Waals surface area contributed by atoms with Crippen LogP contribution in [0.3, 0.4) is 0 Å². The molecule has 0 fully saturated rings. The van der Waals surface area contributed by atoms with Gasteiger partial charge in [0, 0.05) is 26.2 Å². The lowest BCUT2D eigenvalue weighted by Crippen LogP contribution is -2.41. The molecule has 0 aliphatic heterocycles. The Hall–Kier alpha value is -0.770. The second-order valence-corrected chi connectivity index (χ2v) is 4.86. The van der Waals surface area contributed by atoms with Crippen molar-refractivity contribution in [1.29, 1.82) is 0 Å². The first-order valence-electron chi connectivity index (χ1n) is 7.96. The van der Waals surface area contributed by atoms with Crippen LogP contribution in [0.2, 0.25) is 0 Å². The molecule has 0 unspecified atom stereocenters. The van der Waals surface area contributed by atoms with Gasteiger partial charge < -0.3 is 15.5 Å². The maximum absolute atomic E-state index is 4.68. The van der Waals surface area contributed by atoms with Gasteiger partial charge in [-0.3, -0.25) is 4.99 Å². The first kappa shape index (κ1) is 18.2. The SMILES string of the molecule is CCNC(=NCC(CC)CC)NCCN(CC)CC. The van der Waals surface area contributed by atoms with Crippen molar-refractivity contribution in [1.82, 2.24) is 15.5 Å². The molecule has 0 heterocycles. The molecule has 0 saturated heterocycles. The smallest absolute Gasteiger partial charge is 0.191 e. The largest absolute Gasteiger partial charge is 0.357 e. The summed E-state index contributed by atoms with van der Waals surface area (Å²) in [6, 6.07) is 0. The molecule has 0 aromatic heterocycles. The van der Waals surface area contributed by atoms with Gasteiger partial charge >= 0.3 is 0 Å². The summed E-state index contributed by atoms with van der Waals surface area (Å²) < 4.78 is 0. The fraction of sp³-hybridized carbons (Fsp3) is 0.933. The van der Waals surface area contributed by atoms with Crippen molar-refractivity contribution in [2.75, 3.05) is 39.3 Å². The molecule has 0 atom stereocenters. The first-order chi connectivity index (χ1) is 9.21. The fourth-order valence-electron chi connectivity index (χ4n) is 1.98. The number of rotatable bonds is 10. The van der Waals surface area contributed by atoms with E-state index in [1.807, 2.05) is 0 Å². The molecular formula is C15H34N4. The van der Waals surface area contributed by atoms with Crippen molar-refractivity contribution >= 4 is 5.96 Å². The molecule has 0 bridgehead atoms.